The number of halogens is 1. The number of hydrogen-bond donors (Lipinski definition) is 0. The zero-order valence-electron chi connectivity index (χ0n) is 10.7. The van der Waals surface area contributed by atoms with Crippen molar-refractivity contribution >= 4 is 21.6 Å². The molecule has 1 aromatic carbocycles. The first-order valence-electron chi connectivity index (χ1n) is 5.85. The molecule has 2 nitrogen and oxygen atoms in total. The molecule has 0 aliphatic heterocycles. The molecule has 0 aliphatic rings. The summed E-state index contributed by atoms with van der Waals surface area (Å²) in [6, 6.07) is 9.93. The molecule has 1 unspecified atom stereocenters. The molecule has 0 N–H and O–H groups in total. The minimum atomic E-state index is 0.616. The van der Waals surface area contributed by atoms with Crippen LogP contribution in [0.5, 0.6) is 0 Å². The lowest BCUT2D eigenvalue weighted by Gasteiger charge is -2.27. The number of nitriles is 1. The topological polar surface area (TPSA) is 27.0 Å². The number of nitrogens with zero attached hydrogens (tertiary/aromatic N) is 2. The summed E-state index contributed by atoms with van der Waals surface area (Å²) in [6.45, 7) is 5.48. The second-order valence-electron chi connectivity index (χ2n) is 4.70. The Labute approximate surface area is 112 Å². The van der Waals surface area contributed by atoms with Gasteiger partial charge in [-0.1, -0.05) is 35.8 Å². The lowest BCUT2D eigenvalue weighted by molar-refractivity contribution is 0.432. The monoisotopic (exact) mass is 294 g/mol. The summed E-state index contributed by atoms with van der Waals surface area (Å²) in [5, 5.41) is 9.89. The van der Waals surface area contributed by atoms with Crippen molar-refractivity contribution in [3.8, 4) is 6.07 Å². The van der Waals surface area contributed by atoms with E-state index in [1.807, 2.05) is 24.3 Å². The van der Waals surface area contributed by atoms with E-state index in [1.165, 1.54) is 0 Å². The fourth-order valence-electron chi connectivity index (χ4n) is 1.71. The molecule has 17 heavy (non-hydrogen) atoms. The van der Waals surface area contributed by atoms with E-state index < -0.39 is 0 Å². The van der Waals surface area contributed by atoms with Crippen LogP contribution in [-0.2, 0) is 0 Å². The van der Waals surface area contributed by atoms with E-state index in [-0.39, 0.29) is 0 Å². The molecule has 0 saturated heterocycles. The standard InChI is InChI=1S/C14H19BrN2/c1-11(2)13(8-15)10-17(3)14-6-4-5-12(7-14)9-16/h4-7,11,13H,8,10H2,1-3H3. The third kappa shape index (κ3) is 4.05. The number of rotatable bonds is 5. The van der Waals surface area contributed by atoms with E-state index in [0.29, 0.717) is 17.4 Å². The van der Waals surface area contributed by atoms with Gasteiger partial charge in [-0.3, -0.25) is 0 Å². The van der Waals surface area contributed by atoms with Gasteiger partial charge >= 0.3 is 0 Å². The summed E-state index contributed by atoms with van der Waals surface area (Å²) in [6.07, 6.45) is 0. The molecule has 1 rings (SSSR count). The Morgan fingerprint density at radius 1 is 1.41 bits per heavy atom. The van der Waals surface area contributed by atoms with Crippen molar-refractivity contribution in [3.05, 3.63) is 29.8 Å². The SMILES string of the molecule is CC(C)C(CBr)CN(C)c1cccc(C#N)c1. The molecule has 0 saturated carbocycles. The fraction of sp³-hybridized carbons (Fsp3) is 0.500. The van der Waals surface area contributed by atoms with Crippen molar-refractivity contribution < 1.29 is 0 Å². The average molecular weight is 295 g/mol. The van der Waals surface area contributed by atoms with Gasteiger partial charge in [0.15, 0.2) is 0 Å². The number of alkyl halides is 1. The molecule has 0 aliphatic carbocycles. The fourth-order valence-corrected chi connectivity index (χ4v) is 2.66. The first-order valence-corrected chi connectivity index (χ1v) is 6.98. The Hall–Kier alpha value is -1.01. The Kier molecular flexibility index (Phi) is 5.50. The summed E-state index contributed by atoms with van der Waals surface area (Å²) in [5.41, 5.74) is 1.82. The predicted molar refractivity (Wildman–Crippen MR) is 76.5 cm³/mol. The van der Waals surface area contributed by atoms with Gasteiger partial charge in [-0.25, -0.2) is 0 Å². The van der Waals surface area contributed by atoms with Gasteiger partial charge in [-0.15, -0.1) is 0 Å². The highest BCUT2D eigenvalue weighted by molar-refractivity contribution is 9.09. The van der Waals surface area contributed by atoms with Gasteiger partial charge in [-0.05, 0) is 30.0 Å². The van der Waals surface area contributed by atoms with Gasteiger partial charge in [0.2, 0.25) is 0 Å². The first-order chi connectivity index (χ1) is 8.08. The summed E-state index contributed by atoms with van der Waals surface area (Å²) in [5.74, 6) is 1.27. The highest BCUT2D eigenvalue weighted by Gasteiger charge is 2.14. The van der Waals surface area contributed by atoms with Crippen molar-refractivity contribution in [2.75, 3.05) is 23.8 Å². The normalized spacial score (nSPS) is 12.2. The molecule has 3 heteroatoms. The van der Waals surface area contributed by atoms with Crippen LogP contribution in [0.15, 0.2) is 24.3 Å². The van der Waals surface area contributed by atoms with E-state index >= 15 is 0 Å². The summed E-state index contributed by atoms with van der Waals surface area (Å²) >= 11 is 3.57. The maximum atomic E-state index is 8.88. The molecule has 0 spiro atoms. The van der Waals surface area contributed by atoms with Gasteiger partial charge in [0.1, 0.15) is 0 Å². The highest BCUT2D eigenvalue weighted by Crippen LogP contribution is 2.20. The van der Waals surface area contributed by atoms with Crippen LogP contribution in [0.25, 0.3) is 0 Å². The van der Waals surface area contributed by atoms with Crippen molar-refractivity contribution in [3.63, 3.8) is 0 Å². The van der Waals surface area contributed by atoms with E-state index in [9.17, 15) is 0 Å². The quantitative estimate of drug-likeness (QED) is 0.775. The highest BCUT2D eigenvalue weighted by atomic mass is 79.9. The number of anilines is 1. The Balaban J connectivity index is 2.75. The molecule has 92 valence electrons. The molecule has 0 bridgehead atoms. The van der Waals surface area contributed by atoms with Gasteiger partial charge < -0.3 is 4.90 Å². The largest absolute Gasteiger partial charge is 0.374 e. The van der Waals surface area contributed by atoms with Crippen molar-refractivity contribution in [1.82, 2.24) is 0 Å². The lowest BCUT2D eigenvalue weighted by Crippen LogP contribution is -2.29. The third-order valence-corrected chi connectivity index (χ3v) is 3.90. The first kappa shape index (κ1) is 14.1. The van der Waals surface area contributed by atoms with Crippen LogP contribution in [0, 0.1) is 23.2 Å². The van der Waals surface area contributed by atoms with Crippen LogP contribution in [0.2, 0.25) is 0 Å². The average Bonchev–Trinajstić information content (AvgIpc) is 2.35. The summed E-state index contributed by atoms with van der Waals surface area (Å²) in [4.78, 5) is 2.22. The van der Waals surface area contributed by atoms with Crippen molar-refractivity contribution in [2.24, 2.45) is 11.8 Å². The van der Waals surface area contributed by atoms with Crippen LogP contribution in [-0.4, -0.2) is 18.9 Å². The minimum Gasteiger partial charge on any atom is -0.374 e. The van der Waals surface area contributed by atoms with Crippen molar-refractivity contribution in [2.45, 2.75) is 13.8 Å². The Bertz CT molecular complexity index is 395. The van der Waals surface area contributed by atoms with Crippen LogP contribution >= 0.6 is 15.9 Å². The van der Waals surface area contributed by atoms with Gasteiger partial charge in [0.25, 0.3) is 0 Å². The molecule has 0 heterocycles. The van der Waals surface area contributed by atoms with E-state index in [4.69, 9.17) is 5.26 Å². The van der Waals surface area contributed by atoms with E-state index in [0.717, 1.165) is 17.6 Å². The smallest absolute Gasteiger partial charge is 0.0992 e. The van der Waals surface area contributed by atoms with Gasteiger partial charge in [0, 0.05) is 24.6 Å². The van der Waals surface area contributed by atoms with Gasteiger partial charge in [-0.2, -0.15) is 5.26 Å². The molecular weight excluding hydrogens is 276 g/mol. The minimum absolute atomic E-state index is 0.616. The maximum Gasteiger partial charge on any atom is 0.0992 e. The van der Waals surface area contributed by atoms with E-state index in [2.05, 4.69) is 47.8 Å². The molecule has 0 radical (unpaired) electrons. The summed E-state index contributed by atoms with van der Waals surface area (Å²) < 4.78 is 0. The van der Waals surface area contributed by atoms with Crippen LogP contribution in [0.3, 0.4) is 0 Å². The lowest BCUT2D eigenvalue weighted by atomic mass is 9.97. The zero-order valence-corrected chi connectivity index (χ0v) is 12.2. The third-order valence-electron chi connectivity index (χ3n) is 3.07. The number of hydrogen-bond acceptors (Lipinski definition) is 2. The summed E-state index contributed by atoms with van der Waals surface area (Å²) in [7, 11) is 2.08. The number of benzene rings is 1. The Morgan fingerprint density at radius 2 is 2.12 bits per heavy atom. The Morgan fingerprint density at radius 3 is 2.65 bits per heavy atom. The van der Waals surface area contributed by atoms with Crippen LogP contribution in [0.4, 0.5) is 5.69 Å². The second-order valence-corrected chi connectivity index (χ2v) is 5.35. The zero-order chi connectivity index (χ0) is 12.8. The molecule has 0 amide bonds. The molecule has 1 atom stereocenters. The maximum absolute atomic E-state index is 8.88. The van der Waals surface area contributed by atoms with E-state index in [1.54, 1.807) is 0 Å². The predicted octanol–water partition coefficient (Wildman–Crippen LogP) is 3.66. The molecule has 1 aromatic rings. The van der Waals surface area contributed by atoms with Gasteiger partial charge in [0.05, 0.1) is 11.6 Å². The molecular formula is C14H19BrN2. The molecule has 0 aromatic heterocycles. The molecule has 0 fully saturated rings. The van der Waals surface area contributed by atoms with Crippen LogP contribution < -0.4 is 4.90 Å². The van der Waals surface area contributed by atoms with Crippen molar-refractivity contribution in [1.29, 1.82) is 5.26 Å². The van der Waals surface area contributed by atoms with Crippen LogP contribution in [0.1, 0.15) is 19.4 Å². The second kappa shape index (κ2) is 6.66.